The highest BCUT2D eigenvalue weighted by atomic mass is 16.8. The van der Waals surface area contributed by atoms with Gasteiger partial charge in [0.15, 0.2) is 50.3 Å². The molecule has 5 amide bonds. The number of aliphatic hydroxyl groups excluding tert-OH is 29. The van der Waals surface area contributed by atoms with E-state index in [1.54, 1.807) is 0 Å². The van der Waals surface area contributed by atoms with Gasteiger partial charge in [0, 0.05) is 47.5 Å². The van der Waals surface area contributed by atoms with Crippen molar-refractivity contribution in [3.63, 3.8) is 0 Å². The van der Waals surface area contributed by atoms with Crippen LogP contribution in [0.1, 0.15) is 47.5 Å². The Kier molecular flexibility index (Phi) is 40.6. The van der Waals surface area contributed by atoms with Crippen LogP contribution >= 0.6 is 0 Å². The lowest BCUT2D eigenvalue weighted by molar-refractivity contribution is -0.400. The Morgan fingerprint density at radius 1 is 0.297 bits per heavy atom. The lowest BCUT2D eigenvalue weighted by atomic mass is 9.88. The number of hydrogen-bond acceptors (Lipinski definition) is 55. The number of carboxylic acid groups (broad SMARTS) is 2. The fourth-order valence-electron chi connectivity index (χ4n) is 17.7. The monoisotopic (exact) mass is 2020 g/mol. The molecule has 0 saturated carbocycles. The molecule has 0 aromatic carbocycles. The van der Waals surface area contributed by atoms with Gasteiger partial charge in [0.25, 0.3) is 11.6 Å². The average molecular weight is 2020 g/mol. The number of hydrogen-bond donors (Lipinski definition) is 36. The zero-order valence-electron chi connectivity index (χ0n) is 73.8. The highest BCUT2D eigenvalue weighted by molar-refractivity contribution is 5.78. The minimum Gasteiger partial charge on any atom is -0.477 e. The van der Waals surface area contributed by atoms with Gasteiger partial charge in [-0.2, -0.15) is 0 Å². The van der Waals surface area contributed by atoms with E-state index in [4.69, 9.17) is 90.0 Å². The minimum atomic E-state index is -3.33. The third-order valence-electron chi connectivity index (χ3n) is 24.8. The topological polar surface area (TPSA) is 982 Å². The van der Waals surface area contributed by atoms with E-state index in [2.05, 4.69) is 26.6 Å². The van der Waals surface area contributed by atoms with Gasteiger partial charge in [0.1, 0.15) is 232 Å². The molecule has 0 bridgehead atoms. The van der Waals surface area contributed by atoms with Crippen LogP contribution in [0, 0.1) is 0 Å². The van der Waals surface area contributed by atoms with Crippen LogP contribution in [0.3, 0.4) is 0 Å². The van der Waals surface area contributed by atoms with E-state index in [-0.39, 0.29) is 0 Å². The molecule has 52 atom stereocenters. The summed E-state index contributed by atoms with van der Waals surface area (Å²) in [6.45, 7) is -7.94. The van der Waals surface area contributed by atoms with Crippen molar-refractivity contribution in [3.8, 4) is 0 Å². The highest BCUT2D eigenvalue weighted by Gasteiger charge is 2.66. The number of ether oxygens (including phenoxy) is 19. The van der Waals surface area contributed by atoms with Gasteiger partial charge in [-0.05, 0) is 0 Å². The zero-order chi connectivity index (χ0) is 102. The van der Waals surface area contributed by atoms with Gasteiger partial charge in [-0.3, -0.25) is 24.0 Å². The molecule has 10 rings (SSSR count). The van der Waals surface area contributed by atoms with Crippen LogP contribution in [0.5, 0.6) is 0 Å². The Balaban J connectivity index is 0.932. The molecule has 0 aromatic heterocycles. The van der Waals surface area contributed by atoms with Crippen LogP contribution < -0.4 is 26.6 Å². The number of carboxylic acids is 2. The smallest absolute Gasteiger partial charge is 0.364 e. The number of nitrogens with one attached hydrogen (secondary N) is 5. The molecular formula is C76H125N5O57. The van der Waals surface area contributed by atoms with Crippen molar-refractivity contribution < 1.29 is 282 Å². The lowest BCUT2D eigenvalue weighted by Gasteiger charge is -2.51. The second-order valence-corrected chi connectivity index (χ2v) is 34.6. The van der Waals surface area contributed by atoms with Crippen molar-refractivity contribution >= 4 is 41.5 Å². The van der Waals surface area contributed by atoms with Crippen molar-refractivity contribution in [2.24, 2.45) is 0 Å². The summed E-state index contributed by atoms with van der Waals surface area (Å²) in [6, 6.07) is -9.64. The molecule has 0 aromatic rings. The molecule has 0 spiro atoms. The molecule has 62 heteroatoms. The number of rotatable bonds is 39. The average Bonchev–Trinajstić information content (AvgIpc) is 0.752. The number of carbonyl (C=O) groups is 7. The maximum Gasteiger partial charge on any atom is 0.364 e. The quantitative estimate of drug-likeness (QED) is 0.0272. The molecule has 0 aliphatic carbocycles. The third kappa shape index (κ3) is 25.0. The summed E-state index contributed by atoms with van der Waals surface area (Å²) in [7, 11) is 0. The molecule has 10 aliphatic rings. The fraction of sp³-hybridized carbons (Fsp3) is 0.908. The Bertz CT molecular complexity index is 3930. The van der Waals surface area contributed by atoms with Crippen LogP contribution in [0.4, 0.5) is 0 Å². The summed E-state index contributed by atoms with van der Waals surface area (Å²) >= 11 is 0. The molecule has 0 radical (unpaired) electrons. The Morgan fingerprint density at radius 2 is 0.572 bits per heavy atom. The predicted octanol–water partition coefficient (Wildman–Crippen LogP) is -23.7. The lowest BCUT2D eigenvalue weighted by Crippen LogP contribution is -2.71. The SMILES string of the molecule is CC(=O)N[C@H]1[C@H](O[C@H]2[C@@H](OC[C@H]3O[C@@H](O[C@H]4[C@H](O)[C@@H](NC(C)=O)C(O)O[C@@H]4CO)[C@@H](O)[C@@H](O[C@H]4O[C@H](CO)[C@@H](O)[C@H](O)[C@H]4O[C@@H]4O[C@H](CO)[C@@H](O[C@@H]5O[C@H](CO)[C@H](O)[C@H](O[C@]6(C(=O)O)C[C@H](O)[C@@H](NC(C)=O)[C@H]([C@H](O)[C@H](O)CO)O6)[C@H]5O)[C@H](O)[C@H]4NC(C)=O)[C@@H]3O)O[C@H](CO)[C@@H](O)[C@@H]2O)O[C@H](CO)[C@@H](O[C@@H]2O[C@H](CO)[C@H](O)[C@H](O[C@]3(C(=O)O)C[C@H](O)[C@@H](NC(C)=O)[C@H]([C@H](O)[C@H](O)CO)O3)[C@H]2O)[C@@H]1O. The van der Waals surface area contributed by atoms with Gasteiger partial charge < -0.3 is 275 Å². The predicted molar refractivity (Wildman–Crippen MR) is 422 cm³/mol. The molecule has 10 fully saturated rings. The number of aliphatic hydroxyl groups is 29. The molecule has 10 heterocycles. The fourth-order valence-corrected chi connectivity index (χ4v) is 17.7. The zero-order valence-corrected chi connectivity index (χ0v) is 73.8. The van der Waals surface area contributed by atoms with E-state index in [1.165, 1.54) is 0 Å². The highest BCUT2D eigenvalue weighted by Crippen LogP contribution is 2.44. The first-order valence-corrected chi connectivity index (χ1v) is 43.4. The summed E-state index contributed by atoms with van der Waals surface area (Å²) in [4.78, 5) is 90.0. The van der Waals surface area contributed by atoms with Gasteiger partial charge in [-0.1, -0.05) is 0 Å². The van der Waals surface area contributed by atoms with E-state index < -0.39 is 438 Å². The second kappa shape index (κ2) is 49.0. The van der Waals surface area contributed by atoms with Crippen LogP contribution in [-0.2, 0) is 124 Å². The Morgan fingerprint density at radius 3 is 0.920 bits per heavy atom. The van der Waals surface area contributed by atoms with Crippen LogP contribution in [0.15, 0.2) is 0 Å². The summed E-state index contributed by atoms with van der Waals surface area (Å²) < 4.78 is 112. The normalized spacial score (nSPS) is 46.2. The second-order valence-electron chi connectivity index (χ2n) is 34.6. The summed E-state index contributed by atoms with van der Waals surface area (Å²) in [5, 5.41) is 359. The van der Waals surface area contributed by atoms with Crippen molar-refractivity contribution in [2.75, 3.05) is 66.1 Å². The first-order chi connectivity index (χ1) is 65.0. The van der Waals surface area contributed by atoms with Crippen molar-refractivity contribution in [2.45, 2.75) is 365 Å². The molecule has 36 N–H and O–H groups in total. The van der Waals surface area contributed by atoms with E-state index in [0.717, 1.165) is 34.6 Å². The van der Waals surface area contributed by atoms with E-state index in [0.29, 0.717) is 0 Å². The molecule has 138 heavy (non-hydrogen) atoms. The first kappa shape index (κ1) is 114. The minimum absolute atomic E-state index is 0.846. The summed E-state index contributed by atoms with van der Waals surface area (Å²) in [6.07, 6.45) is -105. The van der Waals surface area contributed by atoms with Crippen LogP contribution in [-0.4, -0.2) is 584 Å². The van der Waals surface area contributed by atoms with E-state index >= 15 is 0 Å². The largest absolute Gasteiger partial charge is 0.477 e. The van der Waals surface area contributed by atoms with Gasteiger partial charge in [-0.15, -0.1) is 0 Å². The summed E-state index contributed by atoms with van der Waals surface area (Å²) in [5.41, 5.74) is 0. The number of amides is 5. The first-order valence-electron chi connectivity index (χ1n) is 43.4. The van der Waals surface area contributed by atoms with Crippen molar-refractivity contribution in [1.29, 1.82) is 0 Å². The maximum absolute atomic E-state index is 13.3. The Hall–Kier alpha value is -5.63. The van der Waals surface area contributed by atoms with Crippen LogP contribution in [0.2, 0.25) is 0 Å². The van der Waals surface area contributed by atoms with Gasteiger partial charge >= 0.3 is 11.9 Å². The number of carbonyl (C=O) groups excluding carboxylic acids is 5. The number of aliphatic carboxylic acids is 2. The van der Waals surface area contributed by atoms with Gasteiger partial charge in [-0.25, -0.2) is 9.59 Å². The molecule has 62 nitrogen and oxygen atoms in total. The summed E-state index contributed by atoms with van der Waals surface area (Å²) in [5.74, 6) is -15.8. The van der Waals surface area contributed by atoms with E-state index in [1.807, 2.05) is 0 Å². The maximum atomic E-state index is 13.3. The molecule has 10 saturated heterocycles. The molecule has 1 unspecified atom stereocenters. The van der Waals surface area contributed by atoms with Gasteiger partial charge in [0.2, 0.25) is 29.5 Å². The molecular weight excluding hydrogens is 1890 g/mol. The molecule has 10 aliphatic heterocycles. The van der Waals surface area contributed by atoms with Gasteiger partial charge in [0.05, 0.1) is 90.4 Å². The standard InChI is InChI=1S/C76H125N5O57/c1-18(91)77-35-23(96)6-75(73(116)117,135-58(35)40(100)25(98)8-82)137-61-44(104)29(12-86)122-69(53(61)113)130-56-32(15-89)126-66(38(48(56)108)80-21(4)94)133-63-50(110)42(102)27(10-84)124-71(63)120-17-34-46(106)60(52(112)68(128-34)129-55-31(14-88)121-65(115)37(47(55)107)79-20(3)93)132-72-64(51(111)43(103)28(11-85)125-72)134-67-39(81-22(5)95)49(109)57(33(16-90)127-67)131-70-54(114)62(45(105)30(13-87)123-70)138-76(74(118)119)7-24(97)36(78-19(2)92)59(136-76)41(101)26(99)9-83/h23-72,82-90,96-115H,6-17H2,1-5H3,(H,77,91)(H,78,92)(H,79,93)(H,80,94)(H,81,95)(H,116,117)(H,118,119)/t23-,24-,25+,26+,27+,28+,29+,30+,31+,32+,33+,34+,35+,36+,37+,38+,39+,40+,41+,42+,43+,44-,45-,46+,47+,48+,49+,50-,51-,52-,53+,54+,55+,56+,57+,58+,59+,60-,61-,62-,63+,64+,65?,66-,67-,68-,69-,70-,71-,72+,75-,76-/m0/s1. The third-order valence-corrected chi connectivity index (χ3v) is 24.8. The molecule has 796 valence electrons. The van der Waals surface area contributed by atoms with E-state index in [9.17, 15) is 192 Å². The van der Waals surface area contributed by atoms with Crippen molar-refractivity contribution in [3.05, 3.63) is 0 Å². The van der Waals surface area contributed by atoms with Crippen LogP contribution in [0.25, 0.3) is 0 Å². The van der Waals surface area contributed by atoms with Crippen molar-refractivity contribution in [1.82, 2.24) is 26.6 Å². The Labute approximate surface area is 779 Å².